The molecule has 2 aliphatic rings. The molecule has 32 heavy (non-hydrogen) atoms. The van der Waals surface area contributed by atoms with Crippen molar-refractivity contribution in [3.05, 3.63) is 35.7 Å². The fourth-order valence-electron chi connectivity index (χ4n) is 4.48. The first-order valence-electron chi connectivity index (χ1n) is 11.3. The van der Waals surface area contributed by atoms with Crippen LogP contribution < -0.4 is 0 Å². The van der Waals surface area contributed by atoms with Crippen LogP contribution in [0.1, 0.15) is 37.6 Å². The first kappa shape index (κ1) is 22.9. The first-order chi connectivity index (χ1) is 15.4. The molecule has 0 N–H and O–H groups in total. The van der Waals surface area contributed by atoms with Gasteiger partial charge < -0.3 is 9.42 Å². The molecule has 4 rings (SSSR count). The Balaban J connectivity index is 1.33. The van der Waals surface area contributed by atoms with Crippen molar-refractivity contribution in [2.45, 2.75) is 45.7 Å². The Morgan fingerprint density at radius 3 is 2.62 bits per heavy atom. The van der Waals surface area contributed by atoms with Crippen LogP contribution in [-0.4, -0.2) is 83.1 Å². The maximum absolute atomic E-state index is 13.1. The summed E-state index contributed by atoms with van der Waals surface area (Å²) in [5, 5.41) is 4.11. The highest BCUT2D eigenvalue weighted by Crippen LogP contribution is 2.25. The zero-order valence-corrected chi connectivity index (χ0v) is 19.6. The van der Waals surface area contributed by atoms with Crippen molar-refractivity contribution < 1.29 is 17.7 Å². The fraction of sp³-hybridized carbons (Fsp3) is 0.591. The first-order valence-corrected chi connectivity index (χ1v) is 12.9. The zero-order valence-electron chi connectivity index (χ0n) is 18.7. The number of carbonyl (C=O) groups is 1. The lowest BCUT2D eigenvalue weighted by atomic mass is 10.1. The van der Waals surface area contributed by atoms with Crippen LogP contribution >= 0.6 is 0 Å². The van der Waals surface area contributed by atoms with Crippen LogP contribution in [-0.2, 0) is 21.4 Å². The van der Waals surface area contributed by atoms with Crippen LogP contribution in [0.5, 0.6) is 0 Å². The van der Waals surface area contributed by atoms with Crippen molar-refractivity contribution >= 4 is 15.9 Å². The molecule has 0 aliphatic carbocycles. The predicted molar refractivity (Wildman–Crippen MR) is 120 cm³/mol. The normalized spacial score (nSPS) is 20.7. The maximum atomic E-state index is 13.1. The molecule has 2 aromatic rings. The Morgan fingerprint density at radius 1 is 1.16 bits per heavy atom. The van der Waals surface area contributed by atoms with E-state index in [-0.39, 0.29) is 11.7 Å². The van der Waals surface area contributed by atoms with Crippen LogP contribution in [0.2, 0.25) is 0 Å². The van der Waals surface area contributed by atoms with E-state index in [1.807, 2.05) is 38.1 Å². The Kier molecular flexibility index (Phi) is 6.92. The van der Waals surface area contributed by atoms with E-state index in [1.165, 1.54) is 4.31 Å². The molecule has 2 aliphatic heterocycles. The van der Waals surface area contributed by atoms with Gasteiger partial charge in [0.25, 0.3) is 0 Å². The zero-order chi connectivity index (χ0) is 22.7. The molecule has 174 valence electrons. The van der Waals surface area contributed by atoms with E-state index >= 15 is 0 Å². The minimum absolute atomic E-state index is 0.0681. The summed E-state index contributed by atoms with van der Waals surface area (Å²) in [7, 11) is -3.37. The smallest absolute Gasteiger partial charge is 0.241 e. The number of hydrogen-bond acceptors (Lipinski definition) is 7. The highest BCUT2D eigenvalue weighted by atomic mass is 32.2. The third kappa shape index (κ3) is 4.87. The molecule has 0 radical (unpaired) electrons. The van der Waals surface area contributed by atoms with Crippen LogP contribution in [0, 0.1) is 6.92 Å². The Hall–Kier alpha value is -2.30. The van der Waals surface area contributed by atoms with Crippen molar-refractivity contribution in [3.63, 3.8) is 0 Å². The van der Waals surface area contributed by atoms with E-state index in [0.29, 0.717) is 63.8 Å². The highest BCUT2D eigenvalue weighted by molar-refractivity contribution is 7.89. The lowest BCUT2D eigenvalue weighted by Gasteiger charge is -2.36. The third-order valence-electron chi connectivity index (χ3n) is 6.21. The van der Waals surface area contributed by atoms with E-state index in [0.717, 1.165) is 17.5 Å². The second kappa shape index (κ2) is 9.68. The molecule has 1 atom stereocenters. The standard InChI is InChI=1S/C22H31N5O4S/c1-3-15-32(29,30)27-10-6-9-19(27)22(28)26-13-11-25(12-14-26)16-20-23-21(24-31-20)18-8-5-4-7-17(18)2/h4-5,7-8,19H,3,6,9-16H2,1-2H3. The van der Waals surface area contributed by atoms with Crippen LogP contribution in [0.4, 0.5) is 0 Å². The van der Waals surface area contributed by atoms with Gasteiger partial charge in [-0.1, -0.05) is 36.3 Å². The van der Waals surface area contributed by atoms with Crippen LogP contribution in [0.3, 0.4) is 0 Å². The van der Waals surface area contributed by atoms with E-state index in [2.05, 4.69) is 15.0 Å². The summed E-state index contributed by atoms with van der Waals surface area (Å²) in [6.07, 6.45) is 1.89. The average molecular weight is 462 g/mol. The molecule has 3 heterocycles. The number of sulfonamides is 1. The van der Waals surface area contributed by atoms with E-state index < -0.39 is 16.1 Å². The second-order valence-corrected chi connectivity index (χ2v) is 10.6. The molecule has 1 aromatic heterocycles. The molecule has 0 bridgehead atoms. The fourth-order valence-corrected chi connectivity index (χ4v) is 6.22. The maximum Gasteiger partial charge on any atom is 0.241 e. The van der Waals surface area contributed by atoms with Gasteiger partial charge in [-0.15, -0.1) is 0 Å². The highest BCUT2D eigenvalue weighted by Gasteiger charge is 2.40. The summed E-state index contributed by atoms with van der Waals surface area (Å²) in [6, 6.07) is 7.37. The number of rotatable bonds is 7. The molecule has 9 nitrogen and oxygen atoms in total. The third-order valence-corrected chi connectivity index (χ3v) is 8.28. The van der Waals surface area contributed by atoms with Crippen LogP contribution in [0.25, 0.3) is 11.4 Å². The van der Waals surface area contributed by atoms with Gasteiger partial charge in [0.2, 0.25) is 27.6 Å². The average Bonchev–Trinajstić information content (AvgIpc) is 3.44. The van der Waals surface area contributed by atoms with Gasteiger partial charge in [-0.05, 0) is 31.7 Å². The van der Waals surface area contributed by atoms with E-state index in [4.69, 9.17) is 4.52 Å². The monoisotopic (exact) mass is 461 g/mol. The summed E-state index contributed by atoms with van der Waals surface area (Å²) in [6.45, 7) is 7.33. The number of nitrogens with zero attached hydrogens (tertiary/aromatic N) is 5. The summed E-state index contributed by atoms with van der Waals surface area (Å²) in [4.78, 5) is 21.6. The largest absolute Gasteiger partial charge is 0.339 e. The van der Waals surface area contributed by atoms with E-state index in [9.17, 15) is 13.2 Å². The summed E-state index contributed by atoms with van der Waals surface area (Å²) < 4.78 is 31.9. The van der Waals surface area contributed by atoms with Gasteiger partial charge >= 0.3 is 0 Å². The summed E-state index contributed by atoms with van der Waals surface area (Å²) in [5.41, 5.74) is 2.05. The van der Waals surface area contributed by atoms with Crippen molar-refractivity contribution in [1.29, 1.82) is 0 Å². The number of hydrogen-bond donors (Lipinski definition) is 0. The number of aryl methyl sites for hydroxylation is 1. The molecule has 1 aromatic carbocycles. The number of carbonyl (C=O) groups excluding carboxylic acids is 1. The van der Waals surface area contributed by atoms with Crippen molar-refractivity contribution in [3.8, 4) is 11.4 Å². The van der Waals surface area contributed by atoms with Gasteiger partial charge in [-0.3, -0.25) is 9.69 Å². The molecule has 2 saturated heterocycles. The topological polar surface area (TPSA) is 99.9 Å². The molecule has 1 unspecified atom stereocenters. The molecule has 2 fully saturated rings. The molecule has 10 heteroatoms. The molecular formula is C22H31N5O4S. The number of benzene rings is 1. The molecule has 1 amide bonds. The second-order valence-electron chi connectivity index (χ2n) is 8.51. The Bertz CT molecular complexity index is 1050. The van der Waals surface area contributed by atoms with Gasteiger partial charge in [-0.25, -0.2) is 8.42 Å². The number of aromatic nitrogens is 2. The summed E-state index contributed by atoms with van der Waals surface area (Å²) >= 11 is 0. The Labute approximate surface area is 189 Å². The minimum Gasteiger partial charge on any atom is -0.339 e. The quantitative estimate of drug-likeness (QED) is 0.621. The van der Waals surface area contributed by atoms with Gasteiger partial charge in [0.05, 0.1) is 12.3 Å². The Morgan fingerprint density at radius 2 is 1.91 bits per heavy atom. The van der Waals surface area contributed by atoms with Gasteiger partial charge in [0, 0.05) is 38.3 Å². The van der Waals surface area contributed by atoms with Crippen molar-refractivity contribution in [2.24, 2.45) is 0 Å². The SMILES string of the molecule is CCCS(=O)(=O)N1CCCC1C(=O)N1CCN(Cc2nc(-c3ccccc3C)no2)CC1. The van der Waals surface area contributed by atoms with Gasteiger partial charge in [-0.2, -0.15) is 9.29 Å². The van der Waals surface area contributed by atoms with E-state index in [1.54, 1.807) is 4.90 Å². The van der Waals surface area contributed by atoms with Crippen LogP contribution in [0.15, 0.2) is 28.8 Å². The van der Waals surface area contributed by atoms with Crippen molar-refractivity contribution in [2.75, 3.05) is 38.5 Å². The summed E-state index contributed by atoms with van der Waals surface area (Å²) in [5.74, 6) is 1.16. The van der Waals surface area contributed by atoms with Gasteiger partial charge in [0.15, 0.2) is 0 Å². The number of amides is 1. The molecule has 0 saturated carbocycles. The lowest BCUT2D eigenvalue weighted by Crippen LogP contribution is -2.54. The van der Waals surface area contributed by atoms with Gasteiger partial charge in [0.1, 0.15) is 6.04 Å². The predicted octanol–water partition coefficient (Wildman–Crippen LogP) is 1.89. The lowest BCUT2D eigenvalue weighted by molar-refractivity contribution is -0.136. The minimum atomic E-state index is -3.37. The molecular weight excluding hydrogens is 430 g/mol. The van der Waals surface area contributed by atoms with Crippen molar-refractivity contribution in [1.82, 2.24) is 24.2 Å². The number of piperazine rings is 1. The molecule has 0 spiro atoms.